The average Bonchev–Trinajstić information content (AvgIpc) is 2.90. The number of hydrogen-bond acceptors (Lipinski definition) is 6. The Morgan fingerprint density at radius 1 is 1.36 bits per heavy atom. The van der Waals surface area contributed by atoms with E-state index in [4.69, 9.17) is 4.74 Å². The van der Waals surface area contributed by atoms with E-state index in [2.05, 4.69) is 15.3 Å². The highest BCUT2D eigenvalue weighted by Crippen LogP contribution is 2.27. The molecular formula is C16H23N5O3S. The second-order valence-corrected chi connectivity index (χ2v) is 8.00. The zero-order valence-electron chi connectivity index (χ0n) is 14.7. The Morgan fingerprint density at radius 2 is 2.16 bits per heavy atom. The van der Waals surface area contributed by atoms with Crippen molar-refractivity contribution in [3.8, 4) is 5.88 Å². The Labute approximate surface area is 147 Å². The number of sulfonamides is 1. The van der Waals surface area contributed by atoms with Crippen molar-refractivity contribution in [1.29, 1.82) is 0 Å². The number of hydrogen-bond donors (Lipinski definition) is 0. The molecule has 1 fully saturated rings. The van der Waals surface area contributed by atoms with Gasteiger partial charge < -0.3 is 4.74 Å². The van der Waals surface area contributed by atoms with Crippen molar-refractivity contribution >= 4 is 10.0 Å². The predicted octanol–water partition coefficient (Wildman–Crippen LogP) is 1.54. The summed E-state index contributed by atoms with van der Waals surface area (Å²) >= 11 is 0. The van der Waals surface area contributed by atoms with E-state index in [1.807, 2.05) is 6.92 Å². The molecule has 0 amide bonds. The molecule has 0 spiro atoms. The molecular weight excluding hydrogens is 342 g/mol. The third-order valence-corrected chi connectivity index (χ3v) is 6.51. The van der Waals surface area contributed by atoms with Gasteiger partial charge in [-0.1, -0.05) is 0 Å². The smallest absolute Gasteiger partial charge is 0.246 e. The highest BCUT2D eigenvalue weighted by molar-refractivity contribution is 7.89. The molecule has 0 N–H and O–H groups in total. The van der Waals surface area contributed by atoms with Gasteiger partial charge in [0.05, 0.1) is 17.9 Å². The molecule has 1 aliphatic rings. The van der Waals surface area contributed by atoms with Gasteiger partial charge in [-0.2, -0.15) is 14.5 Å². The van der Waals surface area contributed by atoms with Gasteiger partial charge in [-0.15, -0.1) is 5.10 Å². The van der Waals surface area contributed by atoms with Crippen molar-refractivity contribution in [2.45, 2.75) is 51.2 Å². The number of aryl methyl sites for hydroxylation is 2. The van der Waals surface area contributed by atoms with Crippen LogP contribution in [0.2, 0.25) is 0 Å². The van der Waals surface area contributed by atoms with Gasteiger partial charge in [-0.3, -0.25) is 4.68 Å². The largest absolute Gasteiger partial charge is 0.472 e. The van der Waals surface area contributed by atoms with Gasteiger partial charge in [0, 0.05) is 25.4 Å². The molecule has 1 aliphatic heterocycles. The minimum atomic E-state index is -3.60. The normalized spacial score (nSPS) is 19.1. The number of nitrogens with zero attached hydrogens (tertiary/aromatic N) is 5. The molecule has 3 heterocycles. The highest BCUT2D eigenvalue weighted by Gasteiger charge is 2.35. The Kier molecular flexibility index (Phi) is 5.05. The molecule has 1 saturated heterocycles. The molecule has 2 aromatic rings. The fourth-order valence-corrected chi connectivity index (χ4v) is 5.11. The molecule has 2 aromatic heterocycles. The maximum atomic E-state index is 13.1. The van der Waals surface area contributed by atoms with Gasteiger partial charge in [-0.25, -0.2) is 8.42 Å². The molecule has 136 valence electrons. The van der Waals surface area contributed by atoms with Gasteiger partial charge >= 0.3 is 0 Å². The molecule has 0 aromatic carbocycles. The maximum Gasteiger partial charge on any atom is 0.246 e. The van der Waals surface area contributed by atoms with E-state index in [-0.39, 0.29) is 6.10 Å². The van der Waals surface area contributed by atoms with Gasteiger partial charge in [0.1, 0.15) is 11.0 Å². The molecule has 0 radical (unpaired) electrons. The van der Waals surface area contributed by atoms with Crippen molar-refractivity contribution in [2.24, 2.45) is 0 Å². The summed E-state index contributed by atoms with van der Waals surface area (Å²) in [6.45, 7) is 6.91. The van der Waals surface area contributed by atoms with Crippen LogP contribution in [0, 0.1) is 13.8 Å². The van der Waals surface area contributed by atoms with Crippen LogP contribution < -0.4 is 4.74 Å². The van der Waals surface area contributed by atoms with Crippen LogP contribution in [0.3, 0.4) is 0 Å². The van der Waals surface area contributed by atoms with Gasteiger partial charge in [0.25, 0.3) is 0 Å². The van der Waals surface area contributed by atoms with Crippen LogP contribution in [-0.2, 0) is 16.6 Å². The Bertz CT molecular complexity index is 835. The molecule has 0 bridgehead atoms. The second kappa shape index (κ2) is 7.09. The fraction of sp³-hybridized carbons (Fsp3) is 0.562. The van der Waals surface area contributed by atoms with Crippen LogP contribution in [-0.4, -0.2) is 51.9 Å². The predicted molar refractivity (Wildman–Crippen MR) is 91.8 cm³/mol. The topological polar surface area (TPSA) is 90.2 Å². The first kappa shape index (κ1) is 17.8. The lowest BCUT2D eigenvalue weighted by Crippen LogP contribution is -2.44. The summed E-state index contributed by atoms with van der Waals surface area (Å²) in [6.07, 6.45) is 2.86. The minimum absolute atomic E-state index is 0.234. The average molecular weight is 365 g/mol. The van der Waals surface area contributed by atoms with E-state index in [1.165, 1.54) is 4.31 Å². The zero-order chi connectivity index (χ0) is 18.0. The minimum Gasteiger partial charge on any atom is -0.472 e. The van der Waals surface area contributed by atoms with Crippen LogP contribution in [0.4, 0.5) is 0 Å². The third kappa shape index (κ3) is 3.52. The van der Waals surface area contributed by atoms with E-state index in [1.54, 1.807) is 36.9 Å². The lowest BCUT2D eigenvalue weighted by molar-refractivity contribution is 0.123. The standard InChI is InChI=1S/C16H23N5O3S/c1-4-21-13(3)16(12(2)19-21)25(22,23)20-10-6-7-14(11-20)24-15-8-5-9-17-18-15/h5,8-9,14H,4,6-7,10-11H2,1-3H3. The molecule has 1 atom stereocenters. The van der Waals surface area contributed by atoms with Crippen LogP contribution in [0.15, 0.2) is 23.2 Å². The summed E-state index contributed by atoms with van der Waals surface area (Å²) in [5.74, 6) is 0.415. The van der Waals surface area contributed by atoms with E-state index >= 15 is 0 Å². The zero-order valence-corrected chi connectivity index (χ0v) is 15.5. The maximum absolute atomic E-state index is 13.1. The summed E-state index contributed by atoms with van der Waals surface area (Å²) in [4.78, 5) is 0.314. The molecule has 8 nitrogen and oxygen atoms in total. The van der Waals surface area contributed by atoms with Gasteiger partial charge in [0.15, 0.2) is 0 Å². The SMILES string of the molecule is CCn1nc(C)c(S(=O)(=O)N2CCCC(Oc3cccnn3)C2)c1C. The van der Waals surface area contributed by atoms with E-state index in [0.29, 0.717) is 41.8 Å². The molecule has 3 rings (SSSR count). The van der Waals surface area contributed by atoms with Crippen LogP contribution in [0.5, 0.6) is 5.88 Å². The van der Waals surface area contributed by atoms with Crippen LogP contribution in [0.25, 0.3) is 0 Å². The van der Waals surface area contributed by atoms with Crippen molar-refractivity contribution in [3.05, 3.63) is 29.7 Å². The van der Waals surface area contributed by atoms with E-state index < -0.39 is 10.0 Å². The number of rotatable bonds is 5. The molecule has 25 heavy (non-hydrogen) atoms. The van der Waals surface area contributed by atoms with Crippen molar-refractivity contribution < 1.29 is 13.2 Å². The first-order chi connectivity index (χ1) is 11.9. The monoisotopic (exact) mass is 365 g/mol. The quantitative estimate of drug-likeness (QED) is 0.798. The van der Waals surface area contributed by atoms with E-state index in [9.17, 15) is 8.42 Å². The molecule has 0 saturated carbocycles. The summed E-state index contributed by atoms with van der Waals surface area (Å²) in [7, 11) is -3.60. The van der Waals surface area contributed by atoms with Gasteiger partial charge in [0.2, 0.25) is 15.9 Å². The molecule has 0 aliphatic carbocycles. The summed E-state index contributed by atoms with van der Waals surface area (Å²) in [5, 5.41) is 12.0. The lowest BCUT2D eigenvalue weighted by Gasteiger charge is -2.31. The van der Waals surface area contributed by atoms with Crippen molar-refractivity contribution in [3.63, 3.8) is 0 Å². The second-order valence-electron chi connectivity index (χ2n) is 6.12. The number of aromatic nitrogens is 4. The van der Waals surface area contributed by atoms with Crippen molar-refractivity contribution in [2.75, 3.05) is 13.1 Å². The number of ether oxygens (including phenoxy) is 1. The lowest BCUT2D eigenvalue weighted by atomic mass is 10.1. The highest BCUT2D eigenvalue weighted by atomic mass is 32.2. The fourth-order valence-electron chi connectivity index (χ4n) is 3.23. The number of piperidine rings is 1. The summed E-state index contributed by atoms with van der Waals surface area (Å²) < 4.78 is 35.3. The van der Waals surface area contributed by atoms with Crippen LogP contribution in [0.1, 0.15) is 31.2 Å². The van der Waals surface area contributed by atoms with Crippen LogP contribution >= 0.6 is 0 Å². The third-order valence-electron chi connectivity index (χ3n) is 4.39. The van der Waals surface area contributed by atoms with Gasteiger partial charge in [-0.05, 0) is 39.7 Å². The summed E-state index contributed by atoms with van der Waals surface area (Å²) in [5.41, 5.74) is 1.22. The van der Waals surface area contributed by atoms with Crippen molar-refractivity contribution in [1.82, 2.24) is 24.3 Å². The Hall–Kier alpha value is -2.00. The Balaban J connectivity index is 1.82. The Morgan fingerprint density at radius 3 is 2.80 bits per heavy atom. The molecule has 1 unspecified atom stereocenters. The first-order valence-corrected chi connectivity index (χ1v) is 9.86. The first-order valence-electron chi connectivity index (χ1n) is 8.42. The van der Waals surface area contributed by atoms with E-state index in [0.717, 1.165) is 12.8 Å². The summed E-state index contributed by atoms with van der Waals surface area (Å²) in [6, 6.07) is 3.46. The molecule has 9 heteroatoms.